The lowest BCUT2D eigenvalue weighted by Crippen LogP contribution is -2.39. The summed E-state index contributed by atoms with van der Waals surface area (Å²) in [5.74, 6) is 0.326. The van der Waals surface area contributed by atoms with Gasteiger partial charge < -0.3 is 10.2 Å². The van der Waals surface area contributed by atoms with E-state index in [-0.39, 0.29) is 5.82 Å². The third-order valence-electron chi connectivity index (χ3n) is 3.10. The molecule has 1 unspecified atom stereocenters. The van der Waals surface area contributed by atoms with Gasteiger partial charge in [-0.05, 0) is 44.6 Å². The molecule has 0 aliphatic rings. The minimum Gasteiger partial charge on any atom is -0.309 e. The normalized spacial score (nSPS) is 12.7. The van der Waals surface area contributed by atoms with E-state index in [4.69, 9.17) is 5.26 Å². The van der Waals surface area contributed by atoms with E-state index in [0.29, 0.717) is 29.6 Å². The molecule has 0 radical (unpaired) electrons. The summed E-state index contributed by atoms with van der Waals surface area (Å²) in [5.41, 5.74) is 1.05. The molecule has 110 valence electrons. The first-order chi connectivity index (χ1) is 9.42. The molecule has 0 bridgehead atoms. The topological polar surface area (TPSA) is 39.1 Å². The van der Waals surface area contributed by atoms with Gasteiger partial charge >= 0.3 is 0 Å². The van der Waals surface area contributed by atoms with Crippen LogP contribution in [-0.2, 0) is 6.54 Å². The second-order valence-corrected chi connectivity index (χ2v) is 5.89. The Balaban J connectivity index is 2.69. The summed E-state index contributed by atoms with van der Waals surface area (Å²) in [7, 11) is 4.07. The minimum absolute atomic E-state index is 0.260. The molecule has 1 aromatic carbocycles. The molecule has 1 rings (SSSR count). The summed E-state index contributed by atoms with van der Waals surface area (Å²) >= 11 is 0. The fourth-order valence-electron chi connectivity index (χ4n) is 2.27. The largest absolute Gasteiger partial charge is 0.309 e. The summed E-state index contributed by atoms with van der Waals surface area (Å²) in [5, 5.41) is 12.3. The Hall–Kier alpha value is -1.44. The monoisotopic (exact) mass is 277 g/mol. The van der Waals surface area contributed by atoms with Crippen molar-refractivity contribution in [2.45, 2.75) is 32.9 Å². The summed E-state index contributed by atoms with van der Waals surface area (Å²) in [6.07, 6.45) is 1.04. The molecule has 0 amide bonds. The number of halogens is 1. The van der Waals surface area contributed by atoms with Crippen LogP contribution in [0.4, 0.5) is 4.39 Å². The molecule has 0 aliphatic carbocycles. The van der Waals surface area contributed by atoms with Crippen molar-refractivity contribution in [2.24, 2.45) is 5.92 Å². The van der Waals surface area contributed by atoms with Crippen molar-refractivity contribution in [1.82, 2.24) is 10.2 Å². The van der Waals surface area contributed by atoms with Gasteiger partial charge in [-0.3, -0.25) is 0 Å². The Morgan fingerprint density at radius 3 is 2.60 bits per heavy atom. The second kappa shape index (κ2) is 7.98. The number of hydrogen-bond donors (Lipinski definition) is 1. The van der Waals surface area contributed by atoms with Crippen molar-refractivity contribution >= 4 is 0 Å². The van der Waals surface area contributed by atoms with Gasteiger partial charge in [0.2, 0.25) is 0 Å². The van der Waals surface area contributed by atoms with Gasteiger partial charge in [0.1, 0.15) is 5.82 Å². The smallest absolute Gasteiger partial charge is 0.127 e. The molecule has 0 saturated heterocycles. The van der Waals surface area contributed by atoms with Crippen LogP contribution >= 0.6 is 0 Å². The lowest BCUT2D eigenvalue weighted by molar-refractivity contribution is 0.304. The van der Waals surface area contributed by atoms with Crippen LogP contribution in [0.15, 0.2) is 18.2 Å². The highest BCUT2D eigenvalue weighted by atomic mass is 19.1. The molecule has 1 aromatic rings. The zero-order valence-corrected chi connectivity index (χ0v) is 12.8. The molecule has 0 aliphatic heterocycles. The third-order valence-corrected chi connectivity index (χ3v) is 3.10. The highest BCUT2D eigenvalue weighted by Crippen LogP contribution is 2.12. The Kier molecular flexibility index (Phi) is 6.63. The van der Waals surface area contributed by atoms with Crippen LogP contribution in [0.2, 0.25) is 0 Å². The predicted molar refractivity (Wildman–Crippen MR) is 79.8 cm³/mol. The lowest BCUT2D eigenvalue weighted by Gasteiger charge is -2.24. The highest BCUT2D eigenvalue weighted by Gasteiger charge is 2.13. The molecule has 3 nitrogen and oxygen atoms in total. The van der Waals surface area contributed by atoms with E-state index in [1.54, 1.807) is 6.07 Å². The second-order valence-electron chi connectivity index (χ2n) is 5.89. The van der Waals surface area contributed by atoms with E-state index in [2.05, 4.69) is 24.1 Å². The molecule has 1 atom stereocenters. The molecule has 0 fully saturated rings. The standard InChI is InChI=1S/C16H24FN3/c1-12(2)7-15(11-20(3)4)19-10-14-8-13(9-18)5-6-16(14)17/h5-6,8,12,15,19H,7,10-11H2,1-4H3. The number of nitrogens with zero attached hydrogens (tertiary/aromatic N) is 2. The van der Waals surface area contributed by atoms with E-state index in [1.165, 1.54) is 12.1 Å². The molecular formula is C16H24FN3. The highest BCUT2D eigenvalue weighted by molar-refractivity contribution is 5.33. The van der Waals surface area contributed by atoms with Gasteiger partial charge in [0.05, 0.1) is 11.6 Å². The van der Waals surface area contributed by atoms with Gasteiger partial charge in [-0.15, -0.1) is 0 Å². The van der Waals surface area contributed by atoms with Crippen molar-refractivity contribution < 1.29 is 4.39 Å². The fourth-order valence-corrected chi connectivity index (χ4v) is 2.27. The van der Waals surface area contributed by atoms with Gasteiger partial charge in [-0.1, -0.05) is 13.8 Å². The number of hydrogen-bond acceptors (Lipinski definition) is 3. The first kappa shape index (κ1) is 16.6. The third kappa shape index (κ3) is 5.68. The van der Waals surface area contributed by atoms with Crippen LogP contribution in [0.3, 0.4) is 0 Å². The Labute approximate surface area is 121 Å². The number of benzene rings is 1. The van der Waals surface area contributed by atoms with Crippen LogP contribution in [0, 0.1) is 23.1 Å². The summed E-state index contributed by atoms with van der Waals surface area (Å²) in [6.45, 7) is 5.73. The molecule has 0 saturated carbocycles. The van der Waals surface area contributed by atoms with E-state index in [9.17, 15) is 4.39 Å². The van der Waals surface area contributed by atoms with Crippen molar-refractivity contribution in [3.05, 3.63) is 35.1 Å². The van der Waals surface area contributed by atoms with Crippen LogP contribution in [0.5, 0.6) is 0 Å². The van der Waals surface area contributed by atoms with Crippen LogP contribution in [0.1, 0.15) is 31.4 Å². The van der Waals surface area contributed by atoms with E-state index >= 15 is 0 Å². The zero-order valence-electron chi connectivity index (χ0n) is 12.8. The number of nitrogens with one attached hydrogen (secondary N) is 1. The van der Waals surface area contributed by atoms with E-state index in [1.807, 2.05) is 20.2 Å². The Morgan fingerprint density at radius 1 is 1.35 bits per heavy atom. The van der Waals surface area contributed by atoms with Crippen molar-refractivity contribution in [3.8, 4) is 6.07 Å². The van der Waals surface area contributed by atoms with Gasteiger partial charge in [-0.25, -0.2) is 4.39 Å². The van der Waals surface area contributed by atoms with Crippen molar-refractivity contribution in [2.75, 3.05) is 20.6 Å². The lowest BCUT2D eigenvalue weighted by atomic mass is 10.0. The molecule has 0 spiro atoms. The van der Waals surface area contributed by atoms with Crippen LogP contribution in [-0.4, -0.2) is 31.6 Å². The predicted octanol–water partition coefficient (Wildman–Crippen LogP) is 2.76. The molecule has 20 heavy (non-hydrogen) atoms. The van der Waals surface area contributed by atoms with Crippen LogP contribution < -0.4 is 5.32 Å². The summed E-state index contributed by atoms with van der Waals surface area (Å²) in [6, 6.07) is 6.84. The summed E-state index contributed by atoms with van der Waals surface area (Å²) in [4.78, 5) is 2.13. The molecular weight excluding hydrogens is 253 g/mol. The van der Waals surface area contributed by atoms with Gasteiger partial charge in [-0.2, -0.15) is 5.26 Å². The minimum atomic E-state index is -0.260. The van der Waals surface area contributed by atoms with Gasteiger partial charge in [0.15, 0.2) is 0 Å². The fraction of sp³-hybridized carbons (Fsp3) is 0.562. The summed E-state index contributed by atoms with van der Waals surface area (Å²) < 4.78 is 13.7. The Bertz CT molecular complexity index is 453. The first-order valence-electron chi connectivity index (χ1n) is 6.99. The number of nitriles is 1. The number of likely N-dealkylation sites (N-methyl/N-ethyl adjacent to an activating group) is 1. The molecule has 0 heterocycles. The first-order valence-corrected chi connectivity index (χ1v) is 6.99. The van der Waals surface area contributed by atoms with Crippen LogP contribution in [0.25, 0.3) is 0 Å². The maximum absolute atomic E-state index is 13.7. The Morgan fingerprint density at radius 2 is 2.05 bits per heavy atom. The average Bonchev–Trinajstić information content (AvgIpc) is 2.36. The quantitative estimate of drug-likeness (QED) is 0.833. The maximum atomic E-state index is 13.7. The van der Waals surface area contributed by atoms with Gasteiger partial charge in [0, 0.05) is 24.7 Å². The van der Waals surface area contributed by atoms with Crippen molar-refractivity contribution in [3.63, 3.8) is 0 Å². The van der Waals surface area contributed by atoms with E-state index in [0.717, 1.165) is 13.0 Å². The zero-order chi connectivity index (χ0) is 15.1. The average molecular weight is 277 g/mol. The van der Waals surface area contributed by atoms with Gasteiger partial charge in [0.25, 0.3) is 0 Å². The molecule has 0 aromatic heterocycles. The van der Waals surface area contributed by atoms with Crippen molar-refractivity contribution in [1.29, 1.82) is 5.26 Å². The SMILES string of the molecule is CC(C)CC(CN(C)C)NCc1cc(C#N)ccc1F. The number of rotatable bonds is 7. The molecule has 4 heteroatoms. The molecule has 1 N–H and O–H groups in total. The maximum Gasteiger partial charge on any atom is 0.127 e. The van der Waals surface area contributed by atoms with E-state index < -0.39 is 0 Å².